The fourth-order valence-electron chi connectivity index (χ4n) is 3.43. The zero-order valence-electron chi connectivity index (χ0n) is 13.6. The Labute approximate surface area is 119 Å². The van der Waals surface area contributed by atoms with E-state index in [1.807, 2.05) is 0 Å². The van der Waals surface area contributed by atoms with Crippen molar-refractivity contribution in [3.63, 3.8) is 0 Å². The normalized spacial score (nSPS) is 20.5. The van der Waals surface area contributed by atoms with Crippen LogP contribution in [0.1, 0.15) is 82.9 Å². The Bertz CT molecular complexity index is 436. The van der Waals surface area contributed by atoms with E-state index in [9.17, 15) is 0 Å². The fourth-order valence-corrected chi connectivity index (χ4v) is 3.43. The molecule has 106 valence electrons. The number of hydrogen-bond donors (Lipinski definition) is 0. The van der Waals surface area contributed by atoms with Crippen LogP contribution in [0.15, 0.2) is 18.2 Å². The summed E-state index contributed by atoms with van der Waals surface area (Å²) in [6.07, 6.45) is 5.46. The molecule has 0 heterocycles. The van der Waals surface area contributed by atoms with Crippen molar-refractivity contribution in [1.29, 1.82) is 0 Å². The van der Waals surface area contributed by atoms with Gasteiger partial charge in [-0.3, -0.25) is 0 Å². The third-order valence-electron chi connectivity index (χ3n) is 4.88. The lowest BCUT2D eigenvalue weighted by Crippen LogP contribution is -2.21. The molecule has 0 saturated heterocycles. The second kappa shape index (κ2) is 4.96. The maximum atomic E-state index is 2.48. The van der Waals surface area contributed by atoms with Crippen LogP contribution in [0, 0.1) is 12.3 Å². The molecule has 1 saturated carbocycles. The molecule has 0 unspecified atom stereocenters. The van der Waals surface area contributed by atoms with E-state index in [0.717, 1.165) is 5.92 Å². The van der Waals surface area contributed by atoms with Crippen LogP contribution in [0.3, 0.4) is 0 Å². The lowest BCUT2D eigenvalue weighted by atomic mass is 9.70. The van der Waals surface area contributed by atoms with E-state index in [1.54, 1.807) is 5.56 Å². The molecule has 1 aliphatic carbocycles. The van der Waals surface area contributed by atoms with Crippen LogP contribution in [-0.4, -0.2) is 0 Å². The predicted molar refractivity (Wildman–Crippen MR) is 84.9 cm³/mol. The maximum Gasteiger partial charge on any atom is -0.0129 e. The Morgan fingerprint density at radius 3 is 2.16 bits per heavy atom. The molecular weight excluding hydrogens is 228 g/mol. The van der Waals surface area contributed by atoms with Crippen molar-refractivity contribution < 1.29 is 0 Å². The minimum absolute atomic E-state index is 0.258. The first-order valence-electron chi connectivity index (χ1n) is 7.80. The summed E-state index contributed by atoms with van der Waals surface area (Å²) >= 11 is 0. The average molecular weight is 258 g/mol. The fraction of sp³-hybridized carbons (Fsp3) is 0.684. The van der Waals surface area contributed by atoms with Gasteiger partial charge in [0.25, 0.3) is 0 Å². The summed E-state index contributed by atoms with van der Waals surface area (Å²) in [5, 5.41) is 0. The first-order chi connectivity index (χ1) is 8.69. The molecule has 19 heavy (non-hydrogen) atoms. The minimum Gasteiger partial charge on any atom is -0.0599 e. The van der Waals surface area contributed by atoms with Crippen molar-refractivity contribution in [2.45, 2.75) is 78.6 Å². The summed E-state index contributed by atoms with van der Waals surface area (Å²) < 4.78 is 0. The summed E-state index contributed by atoms with van der Waals surface area (Å²) in [5.41, 5.74) is 5.36. The molecule has 0 nitrogen and oxygen atoms in total. The van der Waals surface area contributed by atoms with Crippen molar-refractivity contribution in [2.75, 3.05) is 0 Å². The van der Waals surface area contributed by atoms with Gasteiger partial charge in [0.05, 0.1) is 0 Å². The van der Waals surface area contributed by atoms with Crippen LogP contribution in [0.5, 0.6) is 0 Å². The summed E-state index contributed by atoms with van der Waals surface area (Å²) in [6.45, 7) is 14.0. The van der Waals surface area contributed by atoms with Gasteiger partial charge in [0.1, 0.15) is 0 Å². The zero-order valence-corrected chi connectivity index (χ0v) is 13.6. The lowest BCUT2D eigenvalue weighted by molar-refractivity contribution is 0.224. The van der Waals surface area contributed by atoms with Gasteiger partial charge in [-0.2, -0.15) is 0 Å². The van der Waals surface area contributed by atoms with E-state index < -0.39 is 0 Å². The zero-order chi connectivity index (χ0) is 14.3. The second-order valence-corrected chi connectivity index (χ2v) is 8.26. The Morgan fingerprint density at radius 1 is 1.05 bits per heavy atom. The Balaban J connectivity index is 2.23. The van der Waals surface area contributed by atoms with Crippen molar-refractivity contribution in [2.24, 2.45) is 5.41 Å². The second-order valence-electron chi connectivity index (χ2n) is 8.26. The first kappa shape index (κ1) is 14.6. The molecule has 0 amide bonds. The molecule has 0 bridgehead atoms. The molecule has 1 aliphatic rings. The summed E-state index contributed by atoms with van der Waals surface area (Å²) in [5.74, 6) is 0.787. The summed E-state index contributed by atoms with van der Waals surface area (Å²) in [7, 11) is 0. The standard InChI is InChI=1S/C19H30/c1-14-7-8-16(13-17(14)18(2,3)4)15-9-11-19(5,6)12-10-15/h7-8,13,15H,9-12H2,1-6H3. The maximum absolute atomic E-state index is 2.48. The largest absolute Gasteiger partial charge is 0.0599 e. The lowest BCUT2D eigenvalue weighted by Gasteiger charge is -2.35. The topological polar surface area (TPSA) is 0 Å². The van der Waals surface area contributed by atoms with E-state index in [-0.39, 0.29) is 5.41 Å². The number of aryl methyl sites for hydroxylation is 1. The van der Waals surface area contributed by atoms with E-state index in [0.29, 0.717) is 5.41 Å². The van der Waals surface area contributed by atoms with Gasteiger partial charge in [0.2, 0.25) is 0 Å². The Hall–Kier alpha value is -0.780. The quantitative estimate of drug-likeness (QED) is 0.581. The third kappa shape index (κ3) is 3.41. The summed E-state index contributed by atoms with van der Waals surface area (Å²) in [6, 6.07) is 7.18. The molecule has 0 heteroatoms. The molecular formula is C19H30. The van der Waals surface area contributed by atoms with Crippen LogP contribution < -0.4 is 0 Å². The van der Waals surface area contributed by atoms with Gasteiger partial charge in [-0.05, 0) is 66.0 Å². The van der Waals surface area contributed by atoms with Crippen LogP contribution in [0.4, 0.5) is 0 Å². The molecule has 1 fully saturated rings. The number of rotatable bonds is 1. The van der Waals surface area contributed by atoms with Crippen molar-refractivity contribution in [3.05, 3.63) is 34.9 Å². The van der Waals surface area contributed by atoms with Gasteiger partial charge < -0.3 is 0 Å². The van der Waals surface area contributed by atoms with Gasteiger partial charge in [0.15, 0.2) is 0 Å². The molecule has 0 atom stereocenters. The highest BCUT2D eigenvalue weighted by atomic mass is 14.3. The van der Waals surface area contributed by atoms with E-state index in [4.69, 9.17) is 0 Å². The van der Waals surface area contributed by atoms with Gasteiger partial charge in [0, 0.05) is 0 Å². The number of hydrogen-bond acceptors (Lipinski definition) is 0. The Morgan fingerprint density at radius 2 is 1.63 bits per heavy atom. The SMILES string of the molecule is Cc1ccc(C2CCC(C)(C)CC2)cc1C(C)(C)C. The van der Waals surface area contributed by atoms with Gasteiger partial charge in [-0.15, -0.1) is 0 Å². The molecule has 1 aromatic carbocycles. The molecule has 0 spiro atoms. The van der Waals surface area contributed by atoms with E-state index in [1.165, 1.54) is 36.8 Å². The van der Waals surface area contributed by atoms with Crippen molar-refractivity contribution in [3.8, 4) is 0 Å². The smallest absolute Gasteiger partial charge is 0.0129 e. The molecule has 0 radical (unpaired) electrons. The minimum atomic E-state index is 0.258. The number of benzene rings is 1. The predicted octanol–water partition coefficient (Wildman–Crippen LogP) is 5.98. The van der Waals surface area contributed by atoms with E-state index in [2.05, 4.69) is 59.7 Å². The Kier molecular flexibility index (Phi) is 3.82. The molecule has 0 aromatic heterocycles. The first-order valence-corrected chi connectivity index (χ1v) is 7.80. The van der Waals surface area contributed by atoms with Crippen molar-refractivity contribution in [1.82, 2.24) is 0 Å². The van der Waals surface area contributed by atoms with Gasteiger partial charge in [-0.1, -0.05) is 52.8 Å². The molecule has 1 aromatic rings. The molecule has 0 aliphatic heterocycles. The van der Waals surface area contributed by atoms with Crippen LogP contribution in [0.25, 0.3) is 0 Å². The highest BCUT2D eigenvalue weighted by molar-refractivity contribution is 5.37. The third-order valence-corrected chi connectivity index (χ3v) is 4.88. The average Bonchev–Trinajstić information content (AvgIpc) is 2.28. The molecule has 2 rings (SSSR count). The van der Waals surface area contributed by atoms with Crippen LogP contribution >= 0.6 is 0 Å². The van der Waals surface area contributed by atoms with Crippen LogP contribution in [0.2, 0.25) is 0 Å². The highest BCUT2D eigenvalue weighted by Crippen LogP contribution is 2.43. The monoisotopic (exact) mass is 258 g/mol. The van der Waals surface area contributed by atoms with Crippen molar-refractivity contribution >= 4 is 0 Å². The summed E-state index contributed by atoms with van der Waals surface area (Å²) in [4.78, 5) is 0. The molecule has 0 N–H and O–H groups in total. The van der Waals surface area contributed by atoms with Gasteiger partial charge in [-0.25, -0.2) is 0 Å². The highest BCUT2D eigenvalue weighted by Gasteiger charge is 2.28. The van der Waals surface area contributed by atoms with Gasteiger partial charge >= 0.3 is 0 Å². The van der Waals surface area contributed by atoms with Crippen LogP contribution in [-0.2, 0) is 5.41 Å². The van der Waals surface area contributed by atoms with E-state index >= 15 is 0 Å².